The predicted octanol–water partition coefficient (Wildman–Crippen LogP) is 1.21. The third kappa shape index (κ3) is 1.21. The summed E-state index contributed by atoms with van der Waals surface area (Å²) in [6.07, 6.45) is 3.89. The van der Waals surface area contributed by atoms with Crippen LogP contribution in [0.3, 0.4) is 0 Å². The number of hydrogen-bond acceptors (Lipinski definition) is 2. The van der Waals surface area contributed by atoms with Gasteiger partial charge in [-0.3, -0.25) is 9.59 Å². The van der Waals surface area contributed by atoms with Crippen LogP contribution >= 0.6 is 0 Å². The van der Waals surface area contributed by atoms with Crippen LogP contribution < -0.4 is 0 Å². The lowest BCUT2D eigenvalue weighted by atomic mass is 9.52. The number of rotatable bonds is 2. The Morgan fingerprint density at radius 2 is 1.21 bits per heavy atom. The van der Waals surface area contributed by atoms with Gasteiger partial charge in [0.1, 0.15) is 0 Å². The molecule has 0 aromatic heterocycles. The van der Waals surface area contributed by atoms with Crippen LogP contribution in [0.4, 0.5) is 0 Å². The van der Waals surface area contributed by atoms with E-state index in [9.17, 15) is 9.59 Å². The van der Waals surface area contributed by atoms with Crippen molar-refractivity contribution in [2.75, 3.05) is 0 Å². The van der Waals surface area contributed by atoms with Crippen LogP contribution in [0.15, 0.2) is 0 Å². The van der Waals surface area contributed by atoms with Crippen molar-refractivity contribution in [3.8, 4) is 0 Å². The smallest absolute Gasteiger partial charge is 0.307 e. The van der Waals surface area contributed by atoms with Gasteiger partial charge >= 0.3 is 11.9 Å². The van der Waals surface area contributed by atoms with Crippen LogP contribution in [-0.2, 0) is 9.59 Å². The average molecular weight is 198 g/mol. The van der Waals surface area contributed by atoms with E-state index in [1.54, 1.807) is 0 Å². The van der Waals surface area contributed by atoms with Gasteiger partial charge in [-0.15, -0.1) is 0 Å². The highest BCUT2D eigenvalue weighted by atomic mass is 16.4. The van der Waals surface area contributed by atoms with E-state index in [1.165, 1.54) is 0 Å². The molecule has 4 atom stereocenters. The highest BCUT2D eigenvalue weighted by Gasteiger charge is 2.57. The topological polar surface area (TPSA) is 74.6 Å². The van der Waals surface area contributed by atoms with Gasteiger partial charge in [0, 0.05) is 0 Å². The van der Waals surface area contributed by atoms with Gasteiger partial charge in [0.25, 0.3) is 0 Å². The predicted molar refractivity (Wildman–Crippen MR) is 47.7 cm³/mol. The molecule has 1 unspecified atom stereocenters. The molecule has 0 bridgehead atoms. The van der Waals surface area contributed by atoms with Crippen molar-refractivity contribution in [2.45, 2.75) is 25.7 Å². The molecule has 2 rings (SSSR count). The molecule has 2 N–H and O–H groups in total. The summed E-state index contributed by atoms with van der Waals surface area (Å²) in [7, 11) is 0. The Kier molecular flexibility index (Phi) is 2.21. The fraction of sp³-hybridized carbons (Fsp3) is 0.800. The number of aliphatic carboxylic acids is 2. The molecule has 2 aliphatic carbocycles. The summed E-state index contributed by atoms with van der Waals surface area (Å²) in [5.41, 5.74) is 0. The monoisotopic (exact) mass is 198 g/mol. The van der Waals surface area contributed by atoms with Crippen LogP contribution in [0.25, 0.3) is 0 Å². The Morgan fingerprint density at radius 3 is 1.50 bits per heavy atom. The summed E-state index contributed by atoms with van der Waals surface area (Å²) >= 11 is 0. The molecule has 2 fully saturated rings. The van der Waals surface area contributed by atoms with Crippen molar-refractivity contribution in [1.29, 1.82) is 0 Å². The second-order valence-electron chi connectivity index (χ2n) is 4.34. The maximum absolute atomic E-state index is 10.9. The minimum Gasteiger partial charge on any atom is -0.481 e. The van der Waals surface area contributed by atoms with Crippen molar-refractivity contribution in [2.24, 2.45) is 23.7 Å². The lowest BCUT2D eigenvalue weighted by Crippen LogP contribution is -2.55. The first kappa shape index (κ1) is 9.49. The average Bonchev–Trinajstić information content (AvgIpc) is 2.05. The number of carboxylic acids is 2. The summed E-state index contributed by atoms with van der Waals surface area (Å²) in [6, 6.07) is 0. The van der Waals surface area contributed by atoms with Crippen LogP contribution in [0.2, 0.25) is 0 Å². The van der Waals surface area contributed by atoms with Crippen molar-refractivity contribution >= 4 is 11.9 Å². The molecule has 2 saturated carbocycles. The molecule has 0 amide bonds. The maximum Gasteiger partial charge on any atom is 0.307 e. The van der Waals surface area contributed by atoms with E-state index in [-0.39, 0.29) is 11.8 Å². The molecule has 4 heteroatoms. The minimum atomic E-state index is -0.930. The van der Waals surface area contributed by atoms with Gasteiger partial charge in [0.05, 0.1) is 11.8 Å². The van der Waals surface area contributed by atoms with Crippen LogP contribution in [0.5, 0.6) is 0 Å². The zero-order chi connectivity index (χ0) is 10.3. The summed E-state index contributed by atoms with van der Waals surface area (Å²) in [6.45, 7) is 0. The second-order valence-corrected chi connectivity index (χ2v) is 4.34. The fourth-order valence-corrected chi connectivity index (χ4v) is 3.14. The molecule has 78 valence electrons. The van der Waals surface area contributed by atoms with Crippen molar-refractivity contribution in [3.05, 3.63) is 0 Å². The van der Waals surface area contributed by atoms with Gasteiger partial charge in [-0.05, 0) is 24.7 Å². The van der Waals surface area contributed by atoms with E-state index in [2.05, 4.69) is 0 Å². The molecule has 4 nitrogen and oxygen atoms in total. The Hall–Kier alpha value is -1.06. The number of fused-ring (bicyclic) bond motifs is 1. The van der Waals surface area contributed by atoms with Gasteiger partial charge in [0.2, 0.25) is 0 Å². The van der Waals surface area contributed by atoms with Gasteiger partial charge in [-0.2, -0.15) is 0 Å². The highest BCUT2D eigenvalue weighted by Crippen LogP contribution is 2.53. The third-order valence-corrected chi connectivity index (χ3v) is 3.75. The van der Waals surface area contributed by atoms with Crippen LogP contribution in [0, 0.1) is 23.7 Å². The number of hydrogen-bond donors (Lipinski definition) is 2. The van der Waals surface area contributed by atoms with Crippen molar-refractivity contribution in [1.82, 2.24) is 0 Å². The Balaban J connectivity index is 2.15. The lowest BCUT2D eigenvalue weighted by Gasteiger charge is -2.50. The van der Waals surface area contributed by atoms with E-state index < -0.39 is 23.8 Å². The fourth-order valence-electron chi connectivity index (χ4n) is 3.14. The molecule has 14 heavy (non-hydrogen) atoms. The molecular weight excluding hydrogens is 184 g/mol. The third-order valence-electron chi connectivity index (χ3n) is 3.75. The minimum absolute atomic E-state index is 0.127. The van der Waals surface area contributed by atoms with Crippen molar-refractivity contribution in [3.63, 3.8) is 0 Å². The molecular formula is C10H14O4. The van der Waals surface area contributed by atoms with E-state index >= 15 is 0 Å². The summed E-state index contributed by atoms with van der Waals surface area (Å²) in [5, 5.41) is 17.9. The Labute approximate surface area is 81.9 Å². The van der Waals surface area contributed by atoms with Gasteiger partial charge < -0.3 is 10.2 Å². The Bertz CT molecular complexity index is 245. The van der Waals surface area contributed by atoms with E-state index in [0.717, 1.165) is 25.7 Å². The highest BCUT2D eigenvalue weighted by molar-refractivity contribution is 5.82. The van der Waals surface area contributed by atoms with E-state index in [0.29, 0.717) is 0 Å². The van der Waals surface area contributed by atoms with E-state index in [1.807, 2.05) is 0 Å². The Morgan fingerprint density at radius 1 is 0.857 bits per heavy atom. The number of carboxylic acid groups (broad SMARTS) is 2. The standard InChI is InChI=1S/C10H14O4/c11-9(12)7-5-3-1-2-4-6(5)8(7)10(13)14/h5-8H,1-4H2,(H,11,12)(H,13,14)/t5-,6+,7-,8?/m0/s1. The van der Waals surface area contributed by atoms with Gasteiger partial charge in [-0.25, -0.2) is 0 Å². The molecule has 0 radical (unpaired) electrons. The van der Waals surface area contributed by atoms with Crippen LogP contribution in [-0.4, -0.2) is 22.2 Å². The molecule has 0 aliphatic heterocycles. The molecule has 0 spiro atoms. The summed E-state index contributed by atoms with van der Waals surface area (Å²) in [4.78, 5) is 21.8. The molecule has 2 aliphatic rings. The molecule has 0 aromatic rings. The first-order valence-corrected chi connectivity index (χ1v) is 5.08. The normalized spacial score (nSPS) is 40.9. The van der Waals surface area contributed by atoms with Crippen molar-refractivity contribution < 1.29 is 19.8 Å². The van der Waals surface area contributed by atoms with E-state index in [4.69, 9.17) is 10.2 Å². The largest absolute Gasteiger partial charge is 0.481 e. The molecule has 0 heterocycles. The molecule has 0 saturated heterocycles. The molecule has 0 aromatic carbocycles. The number of carbonyl (C=O) groups is 2. The van der Waals surface area contributed by atoms with Gasteiger partial charge in [0.15, 0.2) is 0 Å². The first-order chi connectivity index (χ1) is 6.63. The van der Waals surface area contributed by atoms with Crippen LogP contribution in [0.1, 0.15) is 25.7 Å². The second kappa shape index (κ2) is 3.26. The zero-order valence-corrected chi connectivity index (χ0v) is 7.85. The summed E-state index contributed by atoms with van der Waals surface area (Å²) in [5.74, 6) is -2.86. The zero-order valence-electron chi connectivity index (χ0n) is 7.85. The van der Waals surface area contributed by atoms with Gasteiger partial charge in [-0.1, -0.05) is 12.8 Å². The first-order valence-electron chi connectivity index (χ1n) is 5.08. The summed E-state index contributed by atoms with van der Waals surface area (Å²) < 4.78 is 0. The quantitative estimate of drug-likeness (QED) is 0.699. The maximum atomic E-state index is 10.9. The lowest BCUT2D eigenvalue weighted by molar-refractivity contribution is -0.178. The SMILES string of the molecule is O=C(O)C1[C@@H](C(=O)O)[C@H]2CCCC[C@@H]12.